The summed E-state index contributed by atoms with van der Waals surface area (Å²) in [5, 5.41) is 1.43. The van der Waals surface area contributed by atoms with E-state index in [1.165, 1.54) is 8.97 Å². The monoisotopic (exact) mass is 373 g/mol. The van der Waals surface area contributed by atoms with E-state index in [4.69, 9.17) is 11.6 Å². The zero-order valence-corrected chi connectivity index (χ0v) is 14.7. The largest absolute Gasteiger partial charge is 0.268 e. The second-order valence-electron chi connectivity index (χ2n) is 6.21. The van der Waals surface area contributed by atoms with E-state index in [1.807, 2.05) is 6.07 Å². The minimum absolute atomic E-state index is 0.220. The van der Waals surface area contributed by atoms with Crippen molar-refractivity contribution < 1.29 is 0 Å². The maximum absolute atomic E-state index is 13.3. The van der Waals surface area contributed by atoms with Crippen molar-refractivity contribution in [2.75, 3.05) is 0 Å². The number of fused-ring (bicyclic) bond motifs is 4. The van der Waals surface area contributed by atoms with E-state index in [9.17, 15) is 9.59 Å². The molecule has 0 amide bonds. The fraction of sp³-hybridized carbons (Fsp3) is 0. The van der Waals surface area contributed by atoms with Crippen LogP contribution in [-0.4, -0.2) is 14.0 Å². The Kier molecular flexibility index (Phi) is 3.39. The molecule has 27 heavy (non-hydrogen) atoms. The zero-order chi connectivity index (χ0) is 18.5. The Morgan fingerprint density at radius 2 is 1.52 bits per heavy atom. The Balaban J connectivity index is 2.13. The summed E-state index contributed by atoms with van der Waals surface area (Å²) in [6, 6.07) is 21.1. The summed E-state index contributed by atoms with van der Waals surface area (Å²) in [5.41, 5.74) is 1.14. The highest BCUT2D eigenvalue weighted by Crippen LogP contribution is 2.19. The molecular formula is C21H12ClN3O2. The van der Waals surface area contributed by atoms with Crippen LogP contribution in [0.15, 0.2) is 82.4 Å². The van der Waals surface area contributed by atoms with Gasteiger partial charge in [-0.25, -0.2) is 14.0 Å². The van der Waals surface area contributed by atoms with Gasteiger partial charge in [0.05, 0.1) is 27.5 Å². The van der Waals surface area contributed by atoms with Gasteiger partial charge in [-0.2, -0.15) is 0 Å². The molecule has 0 bridgehead atoms. The average Bonchev–Trinajstić information content (AvgIpc) is 2.68. The second-order valence-corrected chi connectivity index (χ2v) is 6.64. The van der Waals surface area contributed by atoms with Gasteiger partial charge in [-0.1, -0.05) is 41.9 Å². The topological polar surface area (TPSA) is 56.4 Å². The summed E-state index contributed by atoms with van der Waals surface area (Å²) in [6.45, 7) is 0. The van der Waals surface area contributed by atoms with Gasteiger partial charge in [0, 0.05) is 5.02 Å². The number of hydrogen-bond acceptors (Lipinski definition) is 3. The van der Waals surface area contributed by atoms with Gasteiger partial charge >= 0.3 is 0 Å². The fourth-order valence-electron chi connectivity index (χ4n) is 3.40. The van der Waals surface area contributed by atoms with E-state index in [-0.39, 0.29) is 16.9 Å². The first-order valence-corrected chi connectivity index (χ1v) is 8.74. The molecule has 130 valence electrons. The zero-order valence-electron chi connectivity index (χ0n) is 14.0. The standard InChI is InChI=1S/C21H12ClN3O2/c22-13-6-5-7-14(12-13)24-20(27)16-9-2-4-11-18(16)25-19(26)15-8-1-3-10-17(15)23-21(24)25/h1-12H. The third-order valence-electron chi connectivity index (χ3n) is 4.60. The highest BCUT2D eigenvalue weighted by Gasteiger charge is 2.16. The van der Waals surface area contributed by atoms with E-state index in [0.717, 1.165) is 0 Å². The molecule has 2 aromatic heterocycles. The lowest BCUT2D eigenvalue weighted by Crippen LogP contribution is -2.28. The van der Waals surface area contributed by atoms with Crippen molar-refractivity contribution in [3.05, 3.63) is 98.5 Å². The van der Waals surface area contributed by atoms with Crippen molar-refractivity contribution in [1.29, 1.82) is 0 Å². The molecular weight excluding hydrogens is 362 g/mol. The number of benzene rings is 3. The predicted octanol–water partition coefficient (Wildman–Crippen LogP) is 3.81. The Labute approximate surface area is 157 Å². The van der Waals surface area contributed by atoms with Crippen LogP contribution in [0.25, 0.3) is 33.3 Å². The van der Waals surface area contributed by atoms with E-state index in [2.05, 4.69) is 4.98 Å². The summed E-state index contributed by atoms with van der Waals surface area (Å²) in [4.78, 5) is 31.1. The molecule has 0 spiro atoms. The van der Waals surface area contributed by atoms with Crippen LogP contribution in [0.4, 0.5) is 0 Å². The molecule has 0 aliphatic carbocycles. The molecule has 0 fully saturated rings. The van der Waals surface area contributed by atoms with Crippen LogP contribution in [0.2, 0.25) is 5.02 Å². The lowest BCUT2D eigenvalue weighted by Gasteiger charge is -2.14. The van der Waals surface area contributed by atoms with Crippen LogP contribution in [-0.2, 0) is 0 Å². The van der Waals surface area contributed by atoms with E-state index < -0.39 is 0 Å². The van der Waals surface area contributed by atoms with Crippen molar-refractivity contribution in [3.63, 3.8) is 0 Å². The highest BCUT2D eigenvalue weighted by molar-refractivity contribution is 6.30. The van der Waals surface area contributed by atoms with Gasteiger partial charge in [-0.15, -0.1) is 0 Å². The molecule has 2 heterocycles. The van der Waals surface area contributed by atoms with Gasteiger partial charge in [0.1, 0.15) is 0 Å². The third kappa shape index (κ3) is 2.29. The summed E-state index contributed by atoms with van der Waals surface area (Å²) < 4.78 is 2.92. The number of rotatable bonds is 1. The molecule has 0 atom stereocenters. The van der Waals surface area contributed by atoms with Crippen LogP contribution in [0, 0.1) is 0 Å². The molecule has 0 aliphatic heterocycles. The van der Waals surface area contributed by atoms with Crippen molar-refractivity contribution in [2.45, 2.75) is 0 Å². The van der Waals surface area contributed by atoms with Gasteiger partial charge in [0.25, 0.3) is 11.1 Å². The van der Waals surface area contributed by atoms with Crippen LogP contribution in [0.5, 0.6) is 0 Å². The van der Waals surface area contributed by atoms with E-state index in [0.29, 0.717) is 32.5 Å². The van der Waals surface area contributed by atoms with Crippen LogP contribution in [0.1, 0.15) is 0 Å². The maximum Gasteiger partial charge on any atom is 0.267 e. The highest BCUT2D eigenvalue weighted by atomic mass is 35.5. The molecule has 0 unspecified atom stereocenters. The minimum Gasteiger partial charge on any atom is -0.268 e. The number of nitrogens with zero attached hydrogens (tertiary/aromatic N) is 3. The maximum atomic E-state index is 13.3. The molecule has 6 heteroatoms. The number of hydrogen-bond donors (Lipinski definition) is 0. The van der Waals surface area contributed by atoms with Crippen molar-refractivity contribution in [1.82, 2.24) is 14.0 Å². The lowest BCUT2D eigenvalue weighted by atomic mass is 10.2. The first-order valence-electron chi connectivity index (χ1n) is 8.36. The van der Waals surface area contributed by atoms with Crippen molar-refractivity contribution in [2.24, 2.45) is 0 Å². The van der Waals surface area contributed by atoms with Crippen LogP contribution < -0.4 is 11.1 Å². The molecule has 5 rings (SSSR count). The molecule has 0 radical (unpaired) electrons. The van der Waals surface area contributed by atoms with Crippen LogP contribution >= 0.6 is 11.6 Å². The summed E-state index contributed by atoms with van der Waals surface area (Å²) >= 11 is 6.14. The number of halogens is 1. The molecule has 0 saturated carbocycles. The summed E-state index contributed by atoms with van der Waals surface area (Å²) in [5.74, 6) is 0.254. The van der Waals surface area contributed by atoms with E-state index in [1.54, 1.807) is 66.7 Å². The summed E-state index contributed by atoms with van der Waals surface area (Å²) in [7, 11) is 0. The molecule has 0 N–H and O–H groups in total. The normalized spacial score (nSPS) is 11.4. The number of para-hydroxylation sites is 2. The van der Waals surface area contributed by atoms with Gasteiger partial charge in [0.15, 0.2) is 0 Å². The van der Waals surface area contributed by atoms with Gasteiger partial charge in [-0.05, 0) is 42.5 Å². The molecule has 3 aromatic carbocycles. The predicted molar refractivity (Wildman–Crippen MR) is 107 cm³/mol. The van der Waals surface area contributed by atoms with Gasteiger partial charge < -0.3 is 0 Å². The quantitative estimate of drug-likeness (QED) is 0.331. The SMILES string of the molecule is O=c1c2ccccc2n2c(=O)c3ccccc3nc2n1-c1cccc(Cl)c1. The van der Waals surface area contributed by atoms with Gasteiger partial charge in [-0.3, -0.25) is 9.59 Å². The Bertz CT molecular complexity index is 1480. The van der Waals surface area contributed by atoms with Crippen molar-refractivity contribution >= 4 is 39.2 Å². The smallest absolute Gasteiger partial charge is 0.267 e. The third-order valence-corrected chi connectivity index (χ3v) is 4.84. The first kappa shape index (κ1) is 15.8. The van der Waals surface area contributed by atoms with Crippen molar-refractivity contribution in [3.8, 4) is 5.69 Å². The molecule has 5 nitrogen and oxygen atoms in total. The average molecular weight is 374 g/mol. The van der Waals surface area contributed by atoms with Crippen LogP contribution in [0.3, 0.4) is 0 Å². The Morgan fingerprint density at radius 3 is 2.33 bits per heavy atom. The minimum atomic E-state index is -0.255. The molecule has 0 aliphatic rings. The molecule has 5 aromatic rings. The Morgan fingerprint density at radius 1 is 0.778 bits per heavy atom. The first-order chi connectivity index (χ1) is 13.1. The lowest BCUT2D eigenvalue weighted by molar-refractivity contribution is 0.942. The van der Waals surface area contributed by atoms with E-state index >= 15 is 0 Å². The molecule has 0 saturated heterocycles. The Hall–Kier alpha value is -3.44. The summed E-state index contributed by atoms with van der Waals surface area (Å²) in [6.07, 6.45) is 0. The second kappa shape index (κ2) is 5.79. The van der Waals surface area contributed by atoms with Gasteiger partial charge in [0.2, 0.25) is 5.78 Å². The number of aromatic nitrogens is 3. The fourth-order valence-corrected chi connectivity index (χ4v) is 3.58.